The molecule has 2 aromatic heterocycles. The van der Waals surface area contributed by atoms with Gasteiger partial charge in [-0.3, -0.25) is 9.59 Å². The number of ketones is 1. The SMILES string of the molecule is COc1ccc([C@H]2C(C(=O)c3sc(C)nc3C)=C(O)C(=O)N2CCCn2ccnc2)cc1OC. The first-order valence-electron chi connectivity index (χ1n) is 10.8. The minimum atomic E-state index is -0.774. The monoisotopic (exact) mass is 482 g/mol. The zero-order chi connectivity index (χ0) is 24.4. The van der Waals surface area contributed by atoms with E-state index in [4.69, 9.17) is 9.47 Å². The van der Waals surface area contributed by atoms with Gasteiger partial charge in [-0.1, -0.05) is 6.07 Å². The molecule has 1 atom stereocenters. The predicted octanol–water partition coefficient (Wildman–Crippen LogP) is 3.64. The average molecular weight is 483 g/mol. The van der Waals surface area contributed by atoms with Gasteiger partial charge in [0.2, 0.25) is 5.78 Å². The Labute approximate surface area is 201 Å². The average Bonchev–Trinajstić information content (AvgIpc) is 3.53. The minimum Gasteiger partial charge on any atom is -0.503 e. The molecule has 0 radical (unpaired) electrons. The molecule has 3 heterocycles. The third-order valence-electron chi connectivity index (χ3n) is 5.76. The van der Waals surface area contributed by atoms with E-state index in [2.05, 4.69) is 9.97 Å². The summed E-state index contributed by atoms with van der Waals surface area (Å²) in [5.41, 5.74) is 1.26. The van der Waals surface area contributed by atoms with Crippen molar-refractivity contribution in [2.24, 2.45) is 0 Å². The first-order chi connectivity index (χ1) is 16.3. The number of aromatic nitrogens is 3. The lowest BCUT2D eigenvalue weighted by molar-refractivity contribution is -0.129. The molecule has 4 rings (SSSR count). The van der Waals surface area contributed by atoms with Crippen molar-refractivity contribution in [3.63, 3.8) is 0 Å². The van der Waals surface area contributed by atoms with Crippen LogP contribution in [0.5, 0.6) is 11.5 Å². The number of carbonyl (C=O) groups excluding carboxylic acids is 2. The topological polar surface area (TPSA) is 107 Å². The van der Waals surface area contributed by atoms with Crippen LogP contribution in [0.3, 0.4) is 0 Å². The molecule has 0 fully saturated rings. The summed E-state index contributed by atoms with van der Waals surface area (Å²) in [6, 6.07) is 4.46. The van der Waals surface area contributed by atoms with Gasteiger partial charge in [0.05, 0.1) is 47.7 Å². The Morgan fingerprint density at radius 3 is 2.56 bits per heavy atom. The molecular weight excluding hydrogens is 456 g/mol. The molecule has 0 aliphatic carbocycles. The van der Waals surface area contributed by atoms with E-state index in [0.717, 1.165) is 5.01 Å². The lowest BCUT2D eigenvalue weighted by Gasteiger charge is -2.27. The molecule has 0 saturated heterocycles. The van der Waals surface area contributed by atoms with Crippen LogP contribution < -0.4 is 9.47 Å². The van der Waals surface area contributed by atoms with Crippen molar-refractivity contribution in [1.82, 2.24) is 19.4 Å². The highest BCUT2D eigenvalue weighted by molar-refractivity contribution is 7.14. The highest BCUT2D eigenvalue weighted by Gasteiger charge is 2.44. The Morgan fingerprint density at radius 1 is 1.18 bits per heavy atom. The van der Waals surface area contributed by atoms with Gasteiger partial charge in [0.15, 0.2) is 17.3 Å². The van der Waals surface area contributed by atoms with Gasteiger partial charge in [-0.25, -0.2) is 9.97 Å². The van der Waals surface area contributed by atoms with Crippen LogP contribution in [-0.4, -0.2) is 57.0 Å². The Balaban J connectivity index is 1.74. The zero-order valence-electron chi connectivity index (χ0n) is 19.4. The molecule has 0 unspecified atom stereocenters. The maximum atomic E-state index is 13.6. The van der Waals surface area contributed by atoms with E-state index in [0.29, 0.717) is 47.1 Å². The number of hydrogen-bond acceptors (Lipinski definition) is 8. The summed E-state index contributed by atoms with van der Waals surface area (Å²) in [5, 5.41) is 11.6. The summed E-state index contributed by atoms with van der Waals surface area (Å²) in [5.74, 6) is -0.512. The van der Waals surface area contributed by atoms with Crippen LogP contribution in [0.2, 0.25) is 0 Å². The number of methoxy groups -OCH3 is 2. The van der Waals surface area contributed by atoms with Gasteiger partial charge in [0, 0.05) is 25.5 Å². The van der Waals surface area contributed by atoms with Crippen LogP contribution in [0.4, 0.5) is 0 Å². The molecule has 1 aliphatic rings. The van der Waals surface area contributed by atoms with Crippen molar-refractivity contribution >= 4 is 23.0 Å². The van der Waals surface area contributed by atoms with Crippen LogP contribution in [0.15, 0.2) is 48.3 Å². The van der Waals surface area contributed by atoms with Crippen LogP contribution >= 0.6 is 11.3 Å². The zero-order valence-corrected chi connectivity index (χ0v) is 20.3. The van der Waals surface area contributed by atoms with Crippen molar-refractivity contribution in [3.8, 4) is 11.5 Å². The lowest BCUT2D eigenvalue weighted by Crippen LogP contribution is -2.32. The predicted molar refractivity (Wildman–Crippen MR) is 126 cm³/mol. The molecular formula is C24H26N4O5S. The minimum absolute atomic E-state index is 0.0478. The smallest absolute Gasteiger partial charge is 0.290 e. The Hall–Kier alpha value is -3.66. The number of thiazole rings is 1. The van der Waals surface area contributed by atoms with Gasteiger partial charge in [-0.2, -0.15) is 0 Å². The number of Topliss-reactive ketones (excluding diaryl/α,β-unsaturated/α-hetero) is 1. The second-order valence-corrected chi connectivity index (χ2v) is 9.11. The lowest BCUT2D eigenvalue weighted by atomic mass is 9.94. The van der Waals surface area contributed by atoms with E-state index < -0.39 is 23.5 Å². The molecule has 178 valence electrons. The second kappa shape index (κ2) is 9.68. The molecule has 10 heteroatoms. The van der Waals surface area contributed by atoms with Gasteiger partial charge < -0.3 is 24.0 Å². The van der Waals surface area contributed by atoms with Crippen LogP contribution in [0.25, 0.3) is 0 Å². The van der Waals surface area contributed by atoms with E-state index in [1.165, 1.54) is 30.5 Å². The maximum Gasteiger partial charge on any atom is 0.290 e. The Kier molecular flexibility index (Phi) is 6.69. The molecule has 0 bridgehead atoms. The molecule has 9 nitrogen and oxygen atoms in total. The number of imidazole rings is 1. The van der Waals surface area contributed by atoms with E-state index in [9.17, 15) is 14.7 Å². The highest BCUT2D eigenvalue weighted by Crippen LogP contribution is 2.42. The van der Waals surface area contributed by atoms with E-state index in [1.807, 2.05) is 17.7 Å². The highest BCUT2D eigenvalue weighted by atomic mass is 32.1. The third kappa shape index (κ3) is 4.28. The second-order valence-electron chi connectivity index (χ2n) is 7.91. The number of amides is 1. The largest absolute Gasteiger partial charge is 0.503 e. The van der Waals surface area contributed by atoms with Gasteiger partial charge in [-0.15, -0.1) is 11.3 Å². The van der Waals surface area contributed by atoms with Crippen LogP contribution in [-0.2, 0) is 11.3 Å². The number of aryl methyl sites for hydroxylation is 3. The molecule has 0 saturated carbocycles. The summed E-state index contributed by atoms with van der Waals surface area (Å²) in [7, 11) is 3.06. The molecule has 1 amide bonds. The van der Waals surface area contributed by atoms with Crippen LogP contribution in [0.1, 0.15) is 38.4 Å². The molecule has 3 aromatic rings. The van der Waals surface area contributed by atoms with E-state index >= 15 is 0 Å². The van der Waals surface area contributed by atoms with E-state index in [-0.39, 0.29) is 5.57 Å². The molecule has 1 aliphatic heterocycles. The number of aliphatic hydroxyl groups excluding tert-OH is 1. The molecule has 34 heavy (non-hydrogen) atoms. The summed E-state index contributed by atoms with van der Waals surface area (Å²) >= 11 is 1.25. The van der Waals surface area contributed by atoms with Gasteiger partial charge in [0.25, 0.3) is 5.91 Å². The Morgan fingerprint density at radius 2 is 1.94 bits per heavy atom. The van der Waals surface area contributed by atoms with Crippen molar-refractivity contribution in [2.45, 2.75) is 32.9 Å². The fourth-order valence-corrected chi connectivity index (χ4v) is 5.07. The van der Waals surface area contributed by atoms with E-state index in [1.54, 1.807) is 37.6 Å². The number of carbonyl (C=O) groups is 2. The number of benzene rings is 1. The number of hydrogen-bond donors (Lipinski definition) is 1. The summed E-state index contributed by atoms with van der Waals surface area (Å²) in [4.78, 5) is 37.1. The van der Waals surface area contributed by atoms with Crippen molar-refractivity contribution in [3.05, 3.63) is 69.4 Å². The number of aliphatic hydroxyl groups is 1. The quantitative estimate of drug-likeness (QED) is 0.464. The number of nitrogens with zero attached hydrogens (tertiary/aromatic N) is 4. The Bertz CT molecular complexity index is 1250. The third-order valence-corrected chi connectivity index (χ3v) is 6.83. The molecule has 1 N–H and O–H groups in total. The van der Waals surface area contributed by atoms with Crippen molar-refractivity contribution in [2.75, 3.05) is 20.8 Å². The summed E-state index contributed by atoms with van der Waals surface area (Å²) in [6.07, 6.45) is 5.85. The standard InChI is InChI=1S/C24H26N4O5S/c1-14-23(34-15(2)26-14)21(29)19-20(16-6-7-17(32-3)18(12-16)33-4)28(24(31)22(19)30)10-5-9-27-11-8-25-13-27/h6-8,11-13,20,30H,5,9-10H2,1-4H3/t20-/m0/s1. The summed E-state index contributed by atoms with van der Waals surface area (Å²) in [6.45, 7) is 4.54. The normalized spacial score (nSPS) is 15.8. The summed E-state index contributed by atoms with van der Waals surface area (Å²) < 4.78 is 12.7. The number of ether oxygens (including phenoxy) is 2. The van der Waals surface area contributed by atoms with Gasteiger partial charge in [-0.05, 0) is 38.0 Å². The van der Waals surface area contributed by atoms with Gasteiger partial charge in [0.1, 0.15) is 0 Å². The first-order valence-corrected chi connectivity index (χ1v) is 11.6. The van der Waals surface area contributed by atoms with Crippen LogP contribution in [0, 0.1) is 13.8 Å². The fraction of sp³-hybridized carbons (Fsp3) is 0.333. The maximum absolute atomic E-state index is 13.6. The molecule has 0 spiro atoms. The fourth-order valence-electron chi connectivity index (χ4n) is 4.19. The first kappa shape index (κ1) is 23.5. The van der Waals surface area contributed by atoms with Crippen molar-refractivity contribution in [1.29, 1.82) is 0 Å². The van der Waals surface area contributed by atoms with Gasteiger partial charge >= 0.3 is 0 Å². The van der Waals surface area contributed by atoms with Crippen molar-refractivity contribution < 1.29 is 24.2 Å². The number of rotatable bonds is 9. The molecule has 1 aromatic carbocycles.